The summed E-state index contributed by atoms with van der Waals surface area (Å²) in [6, 6.07) is 14.8. The molecule has 0 bridgehead atoms. The van der Waals surface area contributed by atoms with Crippen molar-refractivity contribution in [2.24, 2.45) is 23.3 Å². The number of unbranched alkanes of at least 4 members (excludes halogenated alkanes) is 2. The number of rotatable bonds is 36. The predicted molar refractivity (Wildman–Crippen MR) is 382 cm³/mol. The van der Waals surface area contributed by atoms with Gasteiger partial charge in [0.05, 0.1) is 98.5 Å². The maximum atomic E-state index is 14.7. The molecule has 7 atom stereocenters. The number of nitrogens with zero attached hydrogens (tertiary/aromatic N) is 17. The number of carbonyl (C=O) groups is 7. The zero-order valence-corrected chi connectivity index (χ0v) is 59.7. The lowest BCUT2D eigenvalue weighted by Gasteiger charge is -2.38. The van der Waals surface area contributed by atoms with Crippen molar-refractivity contribution in [3.05, 3.63) is 125 Å². The Morgan fingerprint density at radius 2 is 1.17 bits per heavy atom. The lowest BCUT2D eigenvalue weighted by Crippen LogP contribution is -2.54. The molecule has 4 aliphatic heterocycles. The topological polar surface area (TPSA) is 423 Å². The summed E-state index contributed by atoms with van der Waals surface area (Å²) in [6.07, 6.45) is 9.82. The van der Waals surface area contributed by atoms with Crippen LogP contribution in [0.3, 0.4) is 0 Å². The number of amides is 7. The van der Waals surface area contributed by atoms with Gasteiger partial charge in [-0.15, -0.1) is 15.3 Å². The molecule has 0 saturated carbocycles. The number of benzene rings is 3. The van der Waals surface area contributed by atoms with Crippen LogP contribution in [0.2, 0.25) is 0 Å². The summed E-state index contributed by atoms with van der Waals surface area (Å²) in [5, 5.41) is 54.5. The van der Waals surface area contributed by atoms with Crippen LogP contribution in [0.1, 0.15) is 152 Å². The average molecular weight is 1450 g/mol. The monoisotopic (exact) mass is 1450 g/mol. The van der Waals surface area contributed by atoms with Crippen LogP contribution < -0.4 is 37.2 Å². The van der Waals surface area contributed by atoms with Crippen molar-refractivity contribution < 1.29 is 58.0 Å². The van der Waals surface area contributed by atoms with E-state index >= 15 is 0 Å². The number of hydrogen-bond donors (Lipinski definition) is 7. The van der Waals surface area contributed by atoms with Crippen LogP contribution in [0, 0.1) is 11.8 Å². The highest BCUT2D eigenvalue weighted by molar-refractivity contribution is 6.26. The number of imide groups is 2. The van der Waals surface area contributed by atoms with Crippen LogP contribution in [0.25, 0.3) is 0 Å². The van der Waals surface area contributed by atoms with E-state index in [2.05, 4.69) is 74.6 Å². The lowest BCUT2D eigenvalue weighted by atomic mass is 9.98. The van der Waals surface area contributed by atoms with Gasteiger partial charge < -0.3 is 66.1 Å². The molecule has 7 amide bonds. The largest absolute Gasteiger partial charge is 0.508 e. The van der Waals surface area contributed by atoms with Gasteiger partial charge in [0.2, 0.25) is 47.4 Å². The Kier molecular flexibility index (Phi) is 25.9. The standard InChI is InChI=1S/C71H94N22O12/c1-5-45(3)62(72)54-42-91(84-81-54)57(39-47-14-18-50(94)19-15-47)66(100)86-26-30-88(31-27-86)70-77-69(78-71(79-70)89-32-28-87(29-33-89)67(101)58(40-48-16-20-51(95)21-17-48)92-43-55(82-85-92)63(73)46(4)6-2)74-24-34-103-35-36-104-37-38-105-44-49-41-90(83-80-49)25-9-7-8-13-59(96)75-53-12-10-11-52-61(53)68(102)93(65(52)99)56-22-23-60(97)76-64(56)98/h10-12,14-21,41-43,45-46,56-58,62-63,94-95H,5-9,13,22-40,44,72-73H2,1-4H3,(H,75,96)(H,76,97,98)(H,74,77,78,79)/t45-,46-,56?,57-,58-,62-,63-/m0/s1. The molecule has 34 nitrogen and oxygen atoms in total. The van der Waals surface area contributed by atoms with Crippen LogP contribution in [-0.4, -0.2) is 224 Å². The highest BCUT2D eigenvalue weighted by atomic mass is 16.5. The molecule has 0 aliphatic carbocycles. The summed E-state index contributed by atoms with van der Waals surface area (Å²) in [7, 11) is 0. The van der Waals surface area contributed by atoms with Crippen molar-refractivity contribution >= 4 is 64.9 Å². The molecule has 0 radical (unpaired) electrons. The van der Waals surface area contributed by atoms with Crippen LogP contribution >= 0.6 is 0 Å². The Morgan fingerprint density at radius 3 is 1.71 bits per heavy atom. The first kappa shape index (κ1) is 75.7. The molecular weight excluding hydrogens is 1350 g/mol. The van der Waals surface area contributed by atoms with Crippen LogP contribution in [0.5, 0.6) is 11.5 Å². The minimum absolute atomic E-state index is 0.00114. The van der Waals surface area contributed by atoms with Gasteiger partial charge in [-0.3, -0.25) is 48.5 Å². The van der Waals surface area contributed by atoms with Gasteiger partial charge in [-0.25, -0.2) is 9.36 Å². The number of anilines is 4. The first-order valence-electron chi connectivity index (χ1n) is 36.1. The van der Waals surface area contributed by atoms with Gasteiger partial charge in [0, 0.05) is 91.1 Å². The summed E-state index contributed by atoms with van der Waals surface area (Å²) in [5.41, 5.74) is 17.0. The van der Waals surface area contributed by atoms with Gasteiger partial charge in [0.25, 0.3) is 11.8 Å². The van der Waals surface area contributed by atoms with Crippen molar-refractivity contribution in [2.45, 2.75) is 135 Å². The minimum Gasteiger partial charge on any atom is -0.508 e. The number of nitrogens with two attached hydrogens (primary N) is 2. The number of aromatic hydroxyl groups is 2. The summed E-state index contributed by atoms with van der Waals surface area (Å²) in [5.74, 6) is -1.45. The van der Waals surface area contributed by atoms with Gasteiger partial charge in [0.15, 0.2) is 0 Å². The van der Waals surface area contributed by atoms with E-state index in [1.807, 2.05) is 19.6 Å². The number of phenols is 2. The van der Waals surface area contributed by atoms with E-state index in [-0.39, 0.29) is 95.8 Å². The second-order valence-corrected chi connectivity index (χ2v) is 26.9. The van der Waals surface area contributed by atoms with Gasteiger partial charge >= 0.3 is 0 Å². The summed E-state index contributed by atoms with van der Waals surface area (Å²) < 4.78 is 22.4. The van der Waals surface area contributed by atoms with Gasteiger partial charge in [0.1, 0.15) is 35.3 Å². The third kappa shape index (κ3) is 19.3. The number of carbonyl (C=O) groups excluding carboxylic acids is 7. The quantitative estimate of drug-likeness (QED) is 0.0217. The lowest BCUT2D eigenvalue weighted by molar-refractivity contribution is -0.137. The van der Waals surface area contributed by atoms with Crippen molar-refractivity contribution in [3.63, 3.8) is 0 Å². The first-order chi connectivity index (χ1) is 50.8. The van der Waals surface area contributed by atoms with Gasteiger partial charge in [-0.05, 0) is 78.6 Å². The Hall–Kier alpha value is -10.4. The summed E-state index contributed by atoms with van der Waals surface area (Å²) >= 11 is 0. The Morgan fingerprint density at radius 1 is 0.629 bits per heavy atom. The molecule has 3 fully saturated rings. The van der Waals surface area contributed by atoms with E-state index in [1.165, 1.54) is 6.07 Å². The van der Waals surface area contributed by atoms with Gasteiger partial charge in [-0.1, -0.05) is 92.9 Å². The fourth-order valence-corrected chi connectivity index (χ4v) is 12.9. The van der Waals surface area contributed by atoms with Crippen LogP contribution in [0.15, 0.2) is 85.3 Å². The molecule has 8 heterocycles. The van der Waals surface area contributed by atoms with E-state index in [9.17, 15) is 43.8 Å². The number of nitrogens with one attached hydrogen (secondary N) is 3. The predicted octanol–water partition coefficient (Wildman–Crippen LogP) is 3.68. The molecule has 4 aliphatic rings. The zero-order valence-electron chi connectivity index (χ0n) is 59.7. The number of ether oxygens (including phenoxy) is 3. The normalized spacial score (nSPS) is 17.3. The van der Waals surface area contributed by atoms with Crippen molar-refractivity contribution in [2.75, 3.05) is 112 Å². The highest BCUT2D eigenvalue weighted by Gasteiger charge is 2.46. The molecule has 7 aromatic rings. The number of aromatic nitrogens is 12. The molecule has 3 aromatic carbocycles. The van der Waals surface area contributed by atoms with E-state index in [0.717, 1.165) is 35.3 Å². The Balaban J connectivity index is 0.643. The number of fused-ring (bicyclic) bond motifs is 1. The molecule has 105 heavy (non-hydrogen) atoms. The number of hydrogen-bond acceptors (Lipinski definition) is 26. The van der Waals surface area contributed by atoms with Crippen molar-refractivity contribution in [1.29, 1.82) is 0 Å². The van der Waals surface area contributed by atoms with E-state index in [1.54, 1.807) is 93.3 Å². The fraction of sp³-hybridized carbons (Fsp3) is 0.521. The SMILES string of the molecule is CC[C@H](C)[C@H](N)c1cn([C@@H](Cc2ccc(O)cc2)C(=O)N2CCN(c3nc(NCCOCCOCCOCc4cn(CCCCCC(=O)Nc5cccc6c5C(=O)N(C5CCC(=O)NC5=O)C6=O)nn4)nc(N4CCN(C(=O)[C@H](Cc5ccc(O)cc5)n5cc([C@@H](N)[C@@H](C)CC)nn5)CC4)n3)CC2)nn1. The van der Waals surface area contributed by atoms with Crippen LogP contribution in [-0.2, 0) is 64.2 Å². The molecule has 9 N–H and O–H groups in total. The number of aryl methyl sites for hydroxylation is 1. The molecular formula is C71H94N22O12. The Bertz CT molecular complexity index is 3960. The molecule has 0 spiro atoms. The van der Waals surface area contributed by atoms with Gasteiger partial charge in [-0.2, -0.15) is 15.0 Å². The van der Waals surface area contributed by atoms with E-state index < -0.39 is 41.8 Å². The van der Waals surface area contributed by atoms with Crippen molar-refractivity contribution in [3.8, 4) is 11.5 Å². The summed E-state index contributed by atoms with van der Waals surface area (Å²) in [4.78, 5) is 117. The second-order valence-electron chi connectivity index (χ2n) is 26.9. The maximum absolute atomic E-state index is 14.7. The van der Waals surface area contributed by atoms with Crippen molar-refractivity contribution in [1.82, 2.24) is 80.0 Å². The smallest absolute Gasteiger partial charge is 0.264 e. The van der Waals surface area contributed by atoms with Crippen LogP contribution in [0.4, 0.5) is 23.5 Å². The molecule has 3 saturated heterocycles. The Labute approximate surface area is 607 Å². The molecule has 1 unspecified atom stereocenters. The zero-order chi connectivity index (χ0) is 74.1. The van der Waals surface area contributed by atoms with E-state index in [4.69, 9.17) is 40.6 Å². The molecule has 4 aromatic heterocycles. The number of piperazine rings is 2. The third-order valence-corrected chi connectivity index (χ3v) is 19.7. The molecule has 11 rings (SSSR count). The third-order valence-electron chi connectivity index (χ3n) is 19.7. The fourth-order valence-electron chi connectivity index (χ4n) is 12.9. The molecule has 34 heteroatoms. The average Bonchev–Trinajstić information content (AvgIpc) is 1.64. The highest BCUT2D eigenvalue weighted by Crippen LogP contribution is 2.34. The summed E-state index contributed by atoms with van der Waals surface area (Å²) in [6.45, 7) is 14.0. The minimum atomic E-state index is -1.11. The van der Waals surface area contributed by atoms with E-state index in [0.29, 0.717) is 159 Å². The molecule has 560 valence electrons. The number of phenolic OH excluding ortho intramolecular Hbond substituents is 2. The second kappa shape index (κ2) is 35.8. The number of piperidine rings is 1. The maximum Gasteiger partial charge on any atom is 0.264 e. The first-order valence-corrected chi connectivity index (χ1v) is 36.1.